The number of aliphatic hydroxyl groups excluding tert-OH is 1. The number of rotatable bonds is 6. The molecule has 0 bridgehead atoms. The zero-order chi connectivity index (χ0) is 15.5. The molecule has 1 N–H and O–H groups in total. The highest BCUT2D eigenvalue weighted by Gasteiger charge is 2.26. The number of nitrogens with zero attached hydrogens (tertiary/aromatic N) is 1. The fraction of sp³-hybridized carbons (Fsp3) is 0.286. The van der Waals surface area contributed by atoms with Crippen LogP contribution in [0.1, 0.15) is 0 Å². The lowest BCUT2D eigenvalue weighted by molar-refractivity contribution is 0.113. The Bertz CT molecular complexity index is 719. The van der Waals surface area contributed by atoms with E-state index in [1.165, 1.54) is 12.1 Å². The first-order chi connectivity index (χ1) is 9.95. The summed E-state index contributed by atoms with van der Waals surface area (Å²) in [6.45, 7) is -1.81. The summed E-state index contributed by atoms with van der Waals surface area (Å²) < 4.78 is 50.4. The van der Waals surface area contributed by atoms with Crippen LogP contribution in [0.4, 0.5) is 8.78 Å². The lowest BCUT2D eigenvalue weighted by Gasteiger charge is -2.21. The summed E-state index contributed by atoms with van der Waals surface area (Å²) in [6.07, 6.45) is -2.80. The molecule has 2 aromatic carbocycles. The molecule has 0 aliphatic rings. The molecule has 0 atom stereocenters. The van der Waals surface area contributed by atoms with E-state index in [1.807, 2.05) is 12.1 Å². The standard InChI is InChI=1S/C14H15F2NO3S/c15-14(16)10-17(7-8-18)21(19,20)13-6-5-11-3-1-2-4-12(11)9-13/h1-6,9,14,18H,7-8,10H2. The summed E-state index contributed by atoms with van der Waals surface area (Å²) in [6, 6.07) is 11.6. The van der Waals surface area contributed by atoms with Crippen molar-refractivity contribution in [2.75, 3.05) is 19.7 Å². The predicted octanol–water partition coefficient (Wildman–Crippen LogP) is 2.09. The van der Waals surface area contributed by atoms with Gasteiger partial charge in [0, 0.05) is 6.54 Å². The average Bonchev–Trinajstić information content (AvgIpc) is 2.46. The Morgan fingerprint density at radius 1 is 1.10 bits per heavy atom. The van der Waals surface area contributed by atoms with Crippen LogP contribution in [0, 0.1) is 0 Å². The van der Waals surface area contributed by atoms with Gasteiger partial charge in [-0.3, -0.25) is 0 Å². The largest absolute Gasteiger partial charge is 0.395 e. The van der Waals surface area contributed by atoms with Crippen LogP contribution in [0.2, 0.25) is 0 Å². The highest BCUT2D eigenvalue weighted by molar-refractivity contribution is 7.89. The number of alkyl halides is 2. The number of benzene rings is 2. The molecule has 0 aliphatic heterocycles. The van der Waals surface area contributed by atoms with Gasteiger partial charge in [0.25, 0.3) is 6.43 Å². The highest BCUT2D eigenvalue weighted by Crippen LogP contribution is 2.22. The Morgan fingerprint density at radius 3 is 2.38 bits per heavy atom. The van der Waals surface area contributed by atoms with Gasteiger partial charge < -0.3 is 5.11 Å². The van der Waals surface area contributed by atoms with Crippen LogP contribution in [0.3, 0.4) is 0 Å². The zero-order valence-electron chi connectivity index (χ0n) is 11.1. The molecule has 0 saturated carbocycles. The van der Waals surface area contributed by atoms with Gasteiger partial charge in [0.1, 0.15) is 0 Å². The molecule has 0 heterocycles. The third-order valence-electron chi connectivity index (χ3n) is 3.05. The Kier molecular flexibility index (Phi) is 4.87. The molecule has 2 rings (SSSR count). The molecular formula is C14H15F2NO3S. The lowest BCUT2D eigenvalue weighted by Crippen LogP contribution is -2.37. The predicted molar refractivity (Wildman–Crippen MR) is 75.8 cm³/mol. The molecule has 114 valence electrons. The molecule has 0 saturated heterocycles. The minimum absolute atomic E-state index is 0.0599. The van der Waals surface area contributed by atoms with E-state index in [1.54, 1.807) is 18.2 Å². The number of hydrogen-bond donors (Lipinski definition) is 1. The average molecular weight is 315 g/mol. The first kappa shape index (κ1) is 15.8. The van der Waals surface area contributed by atoms with E-state index in [4.69, 9.17) is 5.11 Å². The van der Waals surface area contributed by atoms with Crippen molar-refractivity contribution in [2.24, 2.45) is 0 Å². The second kappa shape index (κ2) is 6.46. The van der Waals surface area contributed by atoms with E-state index in [9.17, 15) is 17.2 Å². The van der Waals surface area contributed by atoms with Gasteiger partial charge in [-0.15, -0.1) is 0 Å². The van der Waals surface area contributed by atoms with Gasteiger partial charge in [0.15, 0.2) is 0 Å². The molecule has 21 heavy (non-hydrogen) atoms. The van der Waals surface area contributed by atoms with E-state index >= 15 is 0 Å². The van der Waals surface area contributed by atoms with E-state index in [0.717, 1.165) is 5.39 Å². The molecule has 0 amide bonds. The van der Waals surface area contributed by atoms with Crippen molar-refractivity contribution in [1.82, 2.24) is 4.31 Å². The Labute approximate surface area is 121 Å². The Balaban J connectivity index is 2.43. The van der Waals surface area contributed by atoms with E-state index in [0.29, 0.717) is 9.69 Å². The topological polar surface area (TPSA) is 57.6 Å². The van der Waals surface area contributed by atoms with E-state index in [2.05, 4.69) is 0 Å². The van der Waals surface area contributed by atoms with Crippen molar-refractivity contribution in [2.45, 2.75) is 11.3 Å². The van der Waals surface area contributed by atoms with Gasteiger partial charge in [-0.1, -0.05) is 30.3 Å². The van der Waals surface area contributed by atoms with Crippen molar-refractivity contribution in [3.63, 3.8) is 0 Å². The van der Waals surface area contributed by atoms with Crippen molar-refractivity contribution < 1.29 is 22.3 Å². The maximum Gasteiger partial charge on any atom is 0.252 e. The maximum absolute atomic E-state index is 12.5. The molecule has 0 unspecified atom stereocenters. The smallest absolute Gasteiger partial charge is 0.252 e. The molecular weight excluding hydrogens is 300 g/mol. The summed E-state index contributed by atoms with van der Waals surface area (Å²) in [5.74, 6) is 0. The molecule has 0 radical (unpaired) electrons. The van der Waals surface area contributed by atoms with Crippen LogP contribution in [-0.2, 0) is 10.0 Å². The quantitative estimate of drug-likeness (QED) is 0.888. The van der Waals surface area contributed by atoms with Gasteiger partial charge in [-0.05, 0) is 22.9 Å². The second-order valence-corrected chi connectivity index (χ2v) is 6.42. The highest BCUT2D eigenvalue weighted by atomic mass is 32.2. The second-order valence-electron chi connectivity index (χ2n) is 4.49. The third-order valence-corrected chi connectivity index (χ3v) is 4.91. The number of fused-ring (bicyclic) bond motifs is 1. The third kappa shape index (κ3) is 3.55. The van der Waals surface area contributed by atoms with Crippen molar-refractivity contribution in [3.8, 4) is 0 Å². The van der Waals surface area contributed by atoms with Crippen LogP contribution in [0.25, 0.3) is 10.8 Å². The van der Waals surface area contributed by atoms with E-state index < -0.39 is 29.6 Å². The Morgan fingerprint density at radius 2 is 1.76 bits per heavy atom. The van der Waals surface area contributed by atoms with Gasteiger partial charge in [0.05, 0.1) is 18.0 Å². The summed E-state index contributed by atoms with van der Waals surface area (Å²) in [7, 11) is -4.06. The number of halogens is 2. The zero-order valence-corrected chi connectivity index (χ0v) is 11.9. The van der Waals surface area contributed by atoms with Crippen molar-refractivity contribution in [1.29, 1.82) is 0 Å². The minimum atomic E-state index is -4.06. The molecule has 2 aromatic rings. The van der Waals surface area contributed by atoms with Gasteiger partial charge in [0.2, 0.25) is 10.0 Å². The minimum Gasteiger partial charge on any atom is -0.395 e. The van der Waals surface area contributed by atoms with Crippen molar-refractivity contribution >= 4 is 20.8 Å². The molecule has 7 heteroatoms. The van der Waals surface area contributed by atoms with Crippen LogP contribution in [0.15, 0.2) is 47.4 Å². The van der Waals surface area contributed by atoms with Crippen LogP contribution in [0.5, 0.6) is 0 Å². The lowest BCUT2D eigenvalue weighted by atomic mass is 10.1. The fourth-order valence-corrected chi connectivity index (χ4v) is 3.50. The summed E-state index contributed by atoms with van der Waals surface area (Å²) in [4.78, 5) is -0.0599. The number of aliphatic hydroxyl groups is 1. The molecule has 0 fully saturated rings. The molecule has 0 aliphatic carbocycles. The van der Waals surface area contributed by atoms with Crippen molar-refractivity contribution in [3.05, 3.63) is 42.5 Å². The maximum atomic E-state index is 12.5. The number of sulfonamides is 1. The summed E-state index contributed by atoms with van der Waals surface area (Å²) in [5, 5.41) is 10.4. The molecule has 4 nitrogen and oxygen atoms in total. The monoisotopic (exact) mass is 315 g/mol. The fourth-order valence-electron chi connectivity index (χ4n) is 2.05. The first-order valence-electron chi connectivity index (χ1n) is 6.33. The van der Waals surface area contributed by atoms with Gasteiger partial charge in [-0.2, -0.15) is 4.31 Å². The molecule has 0 aromatic heterocycles. The normalized spacial score (nSPS) is 12.4. The summed E-state index contributed by atoms with van der Waals surface area (Å²) in [5.41, 5.74) is 0. The number of hydrogen-bond acceptors (Lipinski definition) is 3. The SMILES string of the molecule is O=S(=O)(c1ccc2ccccc2c1)N(CCO)CC(F)F. The van der Waals surface area contributed by atoms with Crippen LogP contribution in [-0.4, -0.2) is 44.0 Å². The van der Waals surface area contributed by atoms with Gasteiger partial charge >= 0.3 is 0 Å². The van der Waals surface area contributed by atoms with Crippen LogP contribution >= 0.6 is 0 Å². The Hall–Kier alpha value is -1.57. The summed E-state index contributed by atoms with van der Waals surface area (Å²) >= 11 is 0. The van der Waals surface area contributed by atoms with Gasteiger partial charge in [-0.25, -0.2) is 17.2 Å². The van der Waals surface area contributed by atoms with E-state index in [-0.39, 0.29) is 11.4 Å². The first-order valence-corrected chi connectivity index (χ1v) is 7.77. The molecule has 0 spiro atoms. The van der Waals surface area contributed by atoms with Crippen LogP contribution < -0.4 is 0 Å².